The number of aryl methyl sites for hydroxylation is 2. The van der Waals surface area contributed by atoms with Gasteiger partial charge in [-0.1, -0.05) is 60.2 Å². The fourth-order valence-corrected chi connectivity index (χ4v) is 3.95. The average molecular weight is 393 g/mol. The second kappa shape index (κ2) is 7.23. The predicted octanol–water partition coefficient (Wildman–Crippen LogP) is 5.99. The summed E-state index contributed by atoms with van der Waals surface area (Å²) in [6, 6.07) is 29.3. The summed E-state index contributed by atoms with van der Waals surface area (Å²) in [5.74, 6) is 0.848. The Balaban J connectivity index is 1.78. The van der Waals surface area contributed by atoms with Crippen molar-refractivity contribution >= 4 is 5.65 Å². The molecule has 0 radical (unpaired) electrons. The van der Waals surface area contributed by atoms with Gasteiger partial charge >= 0.3 is 0 Å². The summed E-state index contributed by atoms with van der Waals surface area (Å²) in [6.07, 6.45) is 0. The van der Waals surface area contributed by atoms with Crippen LogP contribution in [0.5, 0.6) is 5.75 Å². The average Bonchev–Trinajstić information content (AvgIpc) is 3.34. The van der Waals surface area contributed by atoms with Crippen LogP contribution in [-0.4, -0.2) is 21.3 Å². The van der Waals surface area contributed by atoms with Crippen LogP contribution in [0.15, 0.2) is 84.9 Å². The first kappa shape index (κ1) is 18.3. The molecule has 30 heavy (non-hydrogen) atoms. The highest BCUT2D eigenvalue weighted by atomic mass is 16.5. The lowest BCUT2D eigenvalue weighted by molar-refractivity contribution is 0.415. The van der Waals surface area contributed by atoms with E-state index in [9.17, 15) is 0 Å². The third-order valence-corrected chi connectivity index (χ3v) is 5.56. The minimum Gasteiger partial charge on any atom is -0.497 e. The number of ether oxygens (including phenoxy) is 1. The lowest BCUT2D eigenvalue weighted by Crippen LogP contribution is -1.94. The summed E-state index contributed by atoms with van der Waals surface area (Å²) >= 11 is 0. The first-order chi connectivity index (χ1) is 14.7. The number of imidazole rings is 1. The number of hydrogen-bond acceptors (Lipinski definition) is 2. The Morgan fingerprint density at radius 1 is 0.733 bits per heavy atom. The maximum Gasteiger partial charge on any atom is 0.137 e. The maximum atomic E-state index is 5.35. The van der Waals surface area contributed by atoms with Crippen LogP contribution in [0.1, 0.15) is 5.56 Å². The second-order valence-corrected chi connectivity index (χ2v) is 7.52. The molecule has 0 spiro atoms. The zero-order valence-corrected chi connectivity index (χ0v) is 17.3. The van der Waals surface area contributed by atoms with Gasteiger partial charge in [-0.3, -0.25) is 0 Å². The highest BCUT2D eigenvalue weighted by molar-refractivity contribution is 5.84. The van der Waals surface area contributed by atoms with Gasteiger partial charge in [0.2, 0.25) is 0 Å². The van der Waals surface area contributed by atoms with Gasteiger partial charge in [-0.2, -0.15) is 5.10 Å². The number of nitrogens with zero attached hydrogens (tertiary/aromatic N) is 3. The lowest BCUT2D eigenvalue weighted by Gasteiger charge is -2.09. The van der Waals surface area contributed by atoms with E-state index in [1.54, 1.807) is 7.11 Å². The van der Waals surface area contributed by atoms with E-state index in [2.05, 4.69) is 77.7 Å². The largest absolute Gasteiger partial charge is 0.497 e. The summed E-state index contributed by atoms with van der Waals surface area (Å²) in [6.45, 7) is 2.11. The second-order valence-electron chi connectivity index (χ2n) is 7.52. The molecule has 0 atom stereocenters. The first-order valence-corrected chi connectivity index (χ1v) is 10.0. The van der Waals surface area contributed by atoms with E-state index in [-0.39, 0.29) is 0 Å². The minimum absolute atomic E-state index is 0.848. The molecule has 0 aliphatic heterocycles. The van der Waals surface area contributed by atoms with E-state index in [4.69, 9.17) is 9.84 Å². The molecule has 0 amide bonds. The zero-order chi connectivity index (χ0) is 20.7. The van der Waals surface area contributed by atoms with Crippen molar-refractivity contribution in [2.75, 3.05) is 7.11 Å². The van der Waals surface area contributed by atoms with E-state index in [0.717, 1.165) is 45.2 Å². The van der Waals surface area contributed by atoms with E-state index < -0.39 is 0 Å². The highest BCUT2D eigenvalue weighted by Crippen LogP contribution is 2.36. The Hall–Kier alpha value is -3.79. The van der Waals surface area contributed by atoms with Crippen LogP contribution in [0.25, 0.3) is 39.4 Å². The van der Waals surface area contributed by atoms with Crippen molar-refractivity contribution in [2.24, 2.45) is 7.05 Å². The highest BCUT2D eigenvalue weighted by Gasteiger charge is 2.21. The quantitative estimate of drug-likeness (QED) is 0.375. The van der Waals surface area contributed by atoms with E-state index in [1.807, 2.05) is 30.3 Å². The molecule has 0 saturated carbocycles. The minimum atomic E-state index is 0.848. The molecule has 148 valence electrons. The van der Waals surface area contributed by atoms with Crippen molar-refractivity contribution in [3.8, 4) is 39.5 Å². The molecular formula is C26H23N3O. The molecule has 2 heterocycles. The van der Waals surface area contributed by atoms with Crippen LogP contribution in [0.3, 0.4) is 0 Å². The Labute approximate surface area is 176 Å². The molecule has 3 aromatic carbocycles. The Morgan fingerprint density at radius 2 is 1.37 bits per heavy atom. The molecule has 4 nitrogen and oxygen atoms in total. The third kappa shape index (κ3) is 2.98. The Morgan fingerprint density at radius 3 is 2.03 bits per heavy atom. The molecule has 0 bridgehead atoms. The van der Waals surface area contributed by atoms with Crippen LogP contribution in [-0.2, 0) is 7.05 Å². The van der Waals surface area contributed by atoms with E-state index in [0.29, 0.717) is 0 Å². The standard InChI is InChI=1S/C26H23N3O/c1-18-9-11-21(12-10-18)26-25(20-13-15-22(30-3)16-14-20)28(2)24-17-23(27-29(24)26)19-7-5-4-6-8-19/h4-17H,1-3H3. The molecule has 5 rings (SSSR count). The summed E-state index contributed by atoms with van der Waals surface area (Å²) in [7, 11) is 3.79. The Bertz CT molecular complexity index is 1310. The van der Waals surface area contributed by atoms with Crippen LogP contribution in [0.2, 0.25) is 0 Å². The van der Waals surface area contributed by atoms with Gasteiger partial charge in [0.25, 0.3) is 0 Å². The number of hydrogen-bond donors (Lipinski definition) is 0. The molecule has 5 aromatic rings. The molecule has 0 aliphatic carbocycles. The zero-order valence-electron chi connectivity index (χ0n) is 17.3. The van der Waals surface area contributed by atoms with Crippen molar-refractivity contribution in [2.45, 2.75) is 6.92 Å². The molecular weight excluding hydrogens is 370 g/mol. The normalized spacial score (nSPS) is 11.2. The third-order valence-electron chi connectivity index (χ3n) is 5.56. The fourth-order valence-electron chi connectivity index (χ4n) is 3.95. The topological polar surface area (TPSA) is 31.5 Å². The molecule has 0 aliphatic rings. The van der Waals surface area contributed by atoms with Gasteiger partial charge in [-0.05, 0) is 31.2 Å². The predicted molar refractivity (Wildman–Crippen MR) is 122 cm³/mol. The number of methoxy groups -OCH3 is 1. The van der Waals surface area contributed by atoms with Gasteiger partial charge in [0, 0.05) is 29.8 Å². The van der Waals surface area contributed by atoms with Crippen molar-refractivity contribution in [3.63, 3.8) is 0 Å². The summed E-state index contributed by atoms with van der Waals surface area (Å²) in [5, 5.41) is 4.99. The van der Waals surface area contributed by atoms with Gasteiger partial charge in [0.1, 0.15) is 11.4 Å². The lowest BCUT2D eigenvalue weighted by atomic mass is 10.0. The summed E-state index contributed by atoms with van der Waals surface area (Å²) in [4.78, 5) is 0. The van der Waals surface area contributed by atoms with E-state index >= 15 is 0 Å². The van der Waals surface area contributed by atoms with Gasteiger partial charge < -0.3 is 9.30 Å². The molecule has 0 fully saturated rings. The molecule has 0 N–H and O–H groups in total. The summed E-state index contributed by atoms with van der Waals surface area (Å²) in [5.41, 5.74) is 8.85. The van der Waals surface area contributed by atoms with Gasteiger partial charge in [-0.15, -0.1) is 0 Å². The first-order valence-electron chi connectivity index (χ1n) is 10.0. The van der Waals surface area contributed by atoms with Gasteiger partial charge in [0.15, 0.2) is 0 Å². The van der Waals surface area contributed by atoms with Crippen molar-refractivity contribution < 1.29 is 4.74 Å². The van der Waals surface area contributed by atoms with E-state index in [1.165, 1.54) is 5.56 Å². The van der Waals surface area contributed by atoms with Gasteiger partial charge in [-0.25, -0.2) is 4.52 Å². The number of aromatic nitrogens is 3. The molecule has 0 unspecified atom stereocenters. The number of benzene rings is 3. The van der Waals surface area contributed by atoms with Crippen molar-refractivity contribution in [1.29, 1.82) is 0 Å². The maximum absolute atomic E-state index is 5.35. The van der Waals surface area contributed by atoms with Crippen LogP contribution in [0, 0.1) is 6.92 Å². The monoisotopic (exact) mass is 393 g/mol. The summed E-state index contributed by atoms with van der Waals surface area (Å²) < 4.78 is 9.63. The Kier molecular flexibility index (Phi) is 4.40. The van der Waals surface area contributed by atoms with Gasteiger partial charge in [0.05, 0.1) is 24.2 Å². The fraction of sp³-hybridized carbons (Fsp3) is 0.115. The smallest absolute Gasteiger partial charge is 0.137 e. The van der Waals surface area contributed by atoms with Crippen molar-refractivity contribution in [1.82, 2.24) is 14.2 Å². The SMILES string of the molecule is COc1ccc(-c2c(-c3ccc(C)cc3)n3nc(-c4ccccc4)cc3n2C)cc1. The molecule has 4 heteroatoms. The number of rotatable bonds is 4. The van der Waals surface area contributed by atoms with Crippen molar-refractivity contribution in [3.05, 3.63) is 90.5 Å². The molecule has 0 saturated heterocycles. The van der Waals surface area contributed by atoms with Crippen LogP contribution >= 0.6 is 0 Å². The molecule has 2 aromatic heterocycles. The van der Waals surface area contributed by atoms with Crippen LogP contribution < -0.4 is 4.74 Å². The van der Waals surface area contributed by atoms with Crippen LogP contribution in [0.4, 0.5) is 0 Å². The number of fused-ring (bicyclic) bond motifs is 1.